The van der Waals surface area contributed by atoms with Crippen LogP contribution in [0.1, 0.15) is 19.0 Å². The highest BCUT2D eigenvalue weighted by Gasteiger charge is 2.35. The number of thioether (sulfide) groups is 1. The van der Waals surface area contributed by atoms with Gasteiger partial charge in [-0.1, -0.05) is 6.92 Å². The Balaban J connectivity index is 2.92. The third kappa shape index (κ3) is 2.90. The molecule has 0 aliphatic carbocycles. The predicted octanol–water partition coefficient (Wildman–Crippen LogP) is 3.60. The molecule has 0 amide bonds. The topological polar surface area (TPSA) is 12.9 Å². The van der Waals surface area contributed by atoms with Crippen LogP contribution in [0.4, 0.5) is 13.2 Å². The van der Waals surface area contributed by atoms with Crippen molar-refractivity contribution in [3.05, 3.63) is 24.0 Å². The lowest BCUT2D eigenvalue weighted by molar-refractivity contribution is -0.143. The van der Waals surface area contributed by atoms with Crippen molar-refractivity contribution >= 4 is 11.8 Å². The van der Waals surface area contributed by atoms with Crippen molar-refractivity contribution in [1.29, 1.82) is 0 Å². The largest absolute Gasteiger partial charge is 0.434 e. The van der Waals surface area contributed by atoms with Gasteiger partial charge in [0.15, 0.2) is 5.69 Å². The first-order chi connectivity index (χ1) is 6.55. The van der Waals surface area contributed by atoms with Crippen LogP contribution in [0.2, 0.25) is 0 Å². The quantitative estimate of drug-likeness (QED) is 0.723. The van der Waals surface area contributed by atoms with Gasteiger partial charge in [0.25, 0.3) is 0 Å². The molecule has 0 N–H and O–H groups in total. The molecule has 0 saturated carbocycles. The van der Waals surface area contributed by atoms with Gasteiger partial charge >= 0.3 is 6.18 Å². The van der Waals surface area contributed by atoms with Gasteiger partial charge in [-0.2, -0.15) is 13.2 Å². The van der Waals surface area contributed by atoms with E-state index in [-0.39, 0.29) is 4.90 Å². The molecule has 1 nitrogen and oxygen atoms in total. The normalized spacial score (nSPS) is 11.7. The number of alkyl halides is 3. The first-order valence-corrected chi connectivity index (χ1v) is 5.19. The van der Waals surface area contributed by atoms with Crippen LogP contribution in [0.5, 0.6) is 0 Å². The first kappa shape index (κ1) is 11.4. The third-order valence-corrected chi connectivity index (χ3v) is 2.75. The highest BCUT2D eigenvalue weighted by Crippen LogP contribution is 2.34. The number of pyridine rings is 1. The monoisotopic (exact) mass is 221 g/mol. The number of nitrogens with zero attached hydrogens (tertiary/aromatic N) is 1. The fourth-order valence-electron chi connectivity index (χ4n) is 0.932. The van der Waals surface area contributed by atoms with Crippen LogP contribution in [0, 0.1) is 0 Å². The van der Waals surface area contributed by atoms with Crippen LogP contribution in [0.25, 0.3) is 0 Å². The standard InChI is InChI=1S/C9H10F3NS/c1-2-6-14-7-4-3-5-13-8(7)9(10,11)12/h3-5H,2,6H2,1H3. The summed E-state index contributed by atoms with van der Waals surface area (Å²) in [5, 5.41) is 0. The van der Waals surface area contributed by atoms with E-state index in [2.05, 4.69) is 4.98 Å². The maximum absolute atomic E-state index is 12.4. The Hall–Kier alpha value is -0.710. The lowest BCUT2D eigenvalue weighted by atomic mass is 10.3. The van der Waals surface area contributed by atoms with Crippen LogP contribution < -0.4 is 0 Å². The predicted molar refractivity (Wildman–Crippen MR) is 50.3 cm³/mol. The summed E-state index contributed by atoms with van der Waals surface area (Å²) >= 11 is 1.19. The Bertz CT molecular complexity index is 298. The minimum absolute atomic E-state index is 0.210. The number of aromatic nitrogens is 1. The molecule has 0 bridgehead atoms. The zero-order valence-corrected chi connectivity index (χ0v) is 8.45. The SMILES string of the molecule is CCCSc1cccnc1C(F)(F)F. The Labute approximate surface area is 84.7 Å². The third-order valence-electron chi connectivity index (χ3n) is 1.50. The minimum atomic E-state index is -4.35. The maximum atomic E-state index is 12.4. The molecule has 0 aromatic carbocycles. The fourth-order valence-corrected chi connectivity index (χ4v) is 1.84. The second-order valence-electron chi connectivity index (χ2n) is 2.70. The molecule has 0 aliphatic rings. The summed E-state index contributed by atoms with van der Waals surface area (Å²) in [6, 6.07) is 2.98. The summed E-state index contributed by atoms with van der Waals surface area (Å²) in [7, 11) is 0. The van der Waals surface area contributed by atoms with Crippen molar-refractivity contribution in [2.24, 2.45) is 0 Å². The molecule has 1 heterocycles. The Morgan fingerprint density at radius 1 is 1.43 bits per heavy atom. The van der Waals surface area contributed by atoms with Gasteiger partial charge in [0, 0.05) is 11.1 Å². The van der Waals surface area contributed by atoms with Crippen LogP contribution in [-0.2, 0) is 6.18 Å². The fraction of sp³-hybridized carbons (Fsp3) is 0.444. The van der Waals surface area contributed by atoms with Gasteiger partial charge in [0.1, 0.15) is 0 Å². The van der Waals surface area contributed by atoms with E-state index in [0.29, 0.717) is 5.75 Å². The van der Waals surface area contributed by atoms with E-state index in [1.165, 1.54) is 30.1 Å². The molecule has 78 valence electrons. The van der Waals surface area contributed by atoms with Crippen molar-refractivity contribution in [2.75, 3.05) is 5.75 Å². The van der Waals surface area contributed by atoms with Crippen molar-refractivity contribution in [2.45, 2.75) is 24.4 Å². The van der Waals surface area contributed by atoms with Gasteiger partial charge in [0.05, 0.1) is 0 Å². The van der Waals surface area contributed by atoms with E-state index in [1.54, 1.807) is 0 Å². The van der Waals surface area contributed by atoms with Crippen molar-refractivity contribution in [3.63, 3.8) is 0 Å². The van der Waals surface area contributed by atoms with Gasteiger partial charge in [-0.05, 0) is 24.3 Å². The maximum Gasteiger partial charge on any atom is 0.434 e. The number of hydrogen-bond acceptors (Lipinski definition) is 2. The molecule has 0 aliphatic heterocycles. The summed E-state index contributed by atoms with van der Waals surface area (Å²) < 4.78 is 37.2. The van der Waals surface area contributed by atoms with Gasteiger partial charge < -0.3 is 0 Å². The van der Waals surface area contributed by atoms with Crippen molar-refractivity contribution < 1.29 is 13.2 Å². The number of hydrogen-bond donors (Lipinski definition) is 0. The van der Waals surface area contributed by atoms with Crippen LogP contribution in [0.3, 0.4) is 0 Å². The molecular weight excluding hydrogens is 211 g/mol. The van der Waals surface area contributed by atoms with Crippen molar-refractivity contribution in [3.8, 4) is 0 Å². The van der Waals surface area contributed by atoms with Crippen LogP contribution in [-0.4, -0.2) is 10.7 Å². The van der Waals surface area contributed by atoms with E-state index in [0.717, 1.165) is 6.42 Å². The molecule has 0 unspecified atom stereocenters. The molecule has 1 aromatic heterocycles. The summed E-state index contributed by atoms with van der Waals surface area (Å²) in [5.74, 6) is 0.675. The van der Waals surface area contributed by atoms with E-state index in [9.17, 15) is 13.2 Å². The summed E-state index contributed by atoms with van der Waals surface area (Å²) in [5.41, 5.74) is -0.779. The summed E-state index contributed by atoms with van der Waals surface area (Å²) in [6.45, 7) is 1.93. The Morgan fingerprint density at radius 3 is 2.71 bits per heavy atom. The van der Waals surface area contributed by atoms with E-state index >= 15 is 0 Å². The molecule has 0 fully saturated rings. The van der Waals surface area contributed by atoms with Crippen molar-refractivity contribution in [1.82, 2.24) is 4.98 Å². The molecule has 14 heavy (non-hydrogen) atoms. The van der Waals surface area contributed by atoms with Gasteiger partial charge in [0.2, 0.25) is 0 Å². The molecule has 1 rings (SSSR count). The average molecular weight is 221 g/mol. The molecule has 0 saturated heterocycles. The molecule has 5 heteroatoms. The Kier molecular flexibility index (Phi) is 3.80. The second-order valence-corrected chi connectivity index (χ2v) is 3.83. The van der Waals surface area contributed by atoms with Crippen LogP contribution in [0.15, 0.2) is 23.2 Å². The summed E-state index contributed by atoms with van der Waals surface area (Å²) in [6.07, 6.45) is -2.34. The highest BCUT2D eigenvalue weighted by molar-refractivity contribution is 7.99. The lowest BCUT2D eigenvalue weighted by Crippen LogP contribution is -2.09. The Morgan fingerprint density at radius 2 is 2.14 bits per heavy atom. The zero-order valence-electron chi connectivity index (χ0n) is 7.64. The number of halogens is 3. The zero-order chi connectivity index (χ0) is 10.6. The van der Waals surface area contributed by atoms with Crippen LogP contribution >= 0.6 is 11.8 Å². The van der Waals surface area contributed by atoms with E-state index in [4.69, 9.17) is 0 Å². The molecule has 0 spiro atoms. The van der Waals surface area contributed by atoms with E-state index < -0.39 is 11.9 Å². The number of rotatable bonds is 3. The molecule has 0 radical (unpaired) electrons. The summed E-state index contributed by atoms with van der Waals surface area (Å²) in [4.78, 5) is 3.57. The van der Waals surface area contributed by atoms with Gasteiger partial charge in [-0.3, -0.25) is 4.98 Å². The average Bonchev–Trinajstić information content (AvgIpc) is 2.14. The smallest absolute Gasteiger partial charge is 0.251 e. The molecular formula is C9H10F3NS. The van der Waals surface area contributed by atoms with Gasteiger partial charge in [-0.15, -0.1) is 11.8 Å². The highest BCUT2D eigenvalue weighted by atomic mass is 32.2. The van der Waals surface area contributed by atoms with Gasteiger partial charge in [-0.25, -0.2) is 0 Å². The first-order valence-electron chi connectivity index (χ1n) is 4.20. The molecule has 0 atom stereocenters. The van der Waals surface area contributed by atoms with E-state index in [1.807, 2.05) is 6.92 Å². The second kappa shape index (κ2) is 4.68. The molecule has 1 aromatic rings. The minimum Gasteiger partial charge on any atom is -0.251 e. The lowest BCUT2D eigenvalue weighted by Gasteiger charge is -2.09.